The first-order valence-corrected chi connectivity index (χ1v) is 7.09. The molecule has 1 unspecified atom stereocenters. The number of hydrogen-bond acceptors (Lipinski definition) is 4. The van der Waals surface area contributed by atoms with E-state index in [0.717, 1.165) is 11.3 Å². The summed E-state index contributed by atoms with van der Waals surface area (Å²) in [4.78, 5) is 11.6. The SMILES string of the molecule is CCOC(=O)C(N)Cc1cnn(Cc2ccccc2)c1C. The van der Waals surface area contributed by atoms with Crippen LogP contribution >= 0.6 is 0 Å². The predicted octanol–water partition coefficient (Wildman–Crippen LogP) is 1.67. The monoisotopic (exact) mass is 287 g/mol. The van der Waals surface area contributed by atoms with E-state index < -0.39 is 6.04 Å². The fourth-order valence-electron chi connectivity index (χ4n) is 2.17. The topological polar surface area (TPSA) is 70.1 Å². The van der Waals surface area contributed by atoms with Crippen LogP contribution in [0.25, 0.3) is 0 Å². The first kappa shape index (κ1) is 15.3. The van der Waals surface area contributed by atoms with Crippen molar-refractivity contribution in [2.45, 2.75) is 32.9 Å². The van der Waals surface area contributed by atoms with E-state index in [9.17, 15) is 4.79 Å². The number of aromatic nitrogens is 2. The molecule has 1 aromatic carbocycles. The van der Waals surface area contributed by atoms with Gasteiger partial charge >= 0.3 is 5.97 Å². The van der Waals surface area contributed by atoms with E-state index >= 15 is 0 Å². The lowest BCUT2D eigenvalue weighted by atomic mass is 10.1. The summed E-state index contributed by atoms with van der Waals surface area (Å²) in [5.74, 6) is -0.368. The molecule has 0 aliphatic rings. The van der Waals surface area contributed by atoms with Crippen molar-refractivity contribution in [3.63, 3.8) is 0 Å². The summed E-state index contributed by atoms with van der Waals surface area (Å²) in [7, 11) is 0. The second-order valence-electron chi connectivity index (χ2n) is 4.96. The number of carbonyl (C=O) groups is 1. The highest BCUT2D eigenvalue weighted by molar-refractivity contribution is 5.75. The smallest absolute Gasteiger partial charge is 0.323 e. The van der Waals surface area contributed by atoms with Crippen LogP contribution in [0.1, 0.15) is 23.7 Å². The van der Waals surface area contributed by atoms with Gasteiger partial charge in [-0.2, -0.15) is 5.10 Å². The van der Waals surface area contributed by atoms with Crippen LogP contribution in [0.2, 0.25) is 0 Å². The minimum atomic E-state index is -0.641. The Labute approximate surface area is 124 Å². The van der Waals surface area contributed by atoms with Crippen LogP contribution in [-0.4, -0.2) is 28.4 Å². The second kappa shape index (κ2) is 7.04. The van der Waals surface area contributed by atoms with Gasteiger partial charge in [0.1, 0.15) is 6.04 Å². The molecule has 0 saturated heterocycles. The summed E-state index contributed by atoms with van der Waals surface area (Å²) >= 11 is 0. The maximum atomic E-state index is 11.6. The van der Waals surface area contributed by atoms with Crippen molar-refractivity contribution in [1.82, 2.24) is 9.78 Å². The molecule has 1 aromatic heterocycles. The van der Waals surface area contributed by atoms with Crippen molar-refractivity contribution >= 4 is 5.97 Å². The summed E-state index contributed by atoms with van der Waals surface area (Å²) < 4.78 is 6.85. The Morgan fingerprint density at radius 3 is 2.76 bits per heavy atom. The standard InChI is InChI=1S/C16H21N3O2/c1-3-21-16(20)15(17)9-14-10-18-19(12(14)2)11-13-7-5-4-6-8-13/h4-8,10,15H,3,9,11,17H2,1-2H3. The Balaban J connectivity index is 2.05. The summed E-state index contributed by atoms with van der Waals surface area (Å²) in [5.41, 5.74) is 9.04. The summed E-state index contributed by atoms with van der Waals surface area (Å²) in [5, 5.41) is 4.38. The molecule has 1 atom stereocenters. The molecule has 5 nitrogen and oxygen atoms in total. The van der Waals surface area contributed by atoms with Gasteiger partial charge in [-0.1, -0.05) is 30.3 Å². The van der Waals surface area contributed by atoms with Gasteiger partial charge in [-0.15, -0.1) is 0 Å². The number of hydrogen-bond donors (Lipinski definition) is 1. The number of benzene rings is 1. The maximum Gasteiger partial charge on any atom is 0.323 e. The van der Waals surface area contributed by atoms with Crippen LogP contribution in [0, 0.1) is 6.92 Å². The van der Waals surface area contributed by atoms with Gasteiger partial charge in [0.15, 0.2) is 0 Å². The Morgan fingerprint density at radius 2 is 2.10 bits per heavy atom. The molecule has 21 heavy (non-hydrogen) atoms. The van der Waals surface area contributed by atoms with Gasteiger partial charge in [-0.05, 0) is 25.0 Å². The zero-order chi connectivity index (χ0) is 15.2. The van der Waals surface area contributed by atoms with Crippen molar-refractivity contribution in [2.75, 3.05) is 6.61 Å². The lowest BCUT2D eigenvalue weighted by molar-refractivity contribution is -0.144. The molecule has 0 fully saturated rings. The van der Waals surface area contributed by atoms with E-state index in [1.165, 1.54) is 5.56 Å². The Hall–Kier alpha value is -2.14. The van der Waals surface area contributed by atoms with Gasteiger partial charge in [0.25, 0.3) is 0 Å². The molecule has 5 heteroatoms. The third-order valence-electron chi connectivity index (χ3n) is 3.41. The third kappa shape index (κ3) is 3.92. The minimum absolute atomic E-state index is 0.346. The number of rotatable bonds is 6. The summed E-state index contributed by atoms with van der Waals surface area (Å²) in [6, 6.07) is 9.48. The van der Waals surface area contributed by atoms with Crippen LogP contribution in [0.3, 0.4) is 0 Å². The van der Waals surface area contributed by atoms with Crippen LogP contribution in [0.4, 0.5) is 0 Å². The molecule has 0 aliphatic heterocycles. The molecule has 112 valence electrons. The lowest BCUT2D eigenvalue weighted by Crippen LogP contribution is -2.34. The van der Waals surface area contributed by atoms with Crippen LogP contribution in [-0.2, 0) is 22.5 Å². The first-order chi connectivity index (χ1) is 10.1. The molecule has 2 aromatic rings. The predicted molar refractivity (Wildman–Crippen MR) is 80.8 cm³/mol. The molecule has 0 saturated carbocycles. The fourth-order valence-corrected chi connectivity index (χ4v) is 2.17. The van der Waals surface area contributed by atoms with Gasteiger partial charge in [0.05, 0.1) is 19.3 Å². The Bertz CT molecular complexity index is 593. The number of nitrogens with two attached hydrogens (primary N) is 1. The van der Waals surface area contributed by atoms with Crippen molar-refractivity contribution in [1.29, 1.82) is 0 Å². The van der Waals surface area contributed by atoms with E-state index in [1.54, 1.807) is 13.1 Å². The average molecular weight is 287 g/mol. The number of esters is 1. The van der Waals surface area contributed by atoms with Crippen molar-refractivity contribution < 1.29 is 9.53 Å². The molecule has 2 rings (SSSR count). The van der Waals surface area contributed by atoms with Crippen LogP contribution in [0.15, 0.2) is 36.5 Å². The van der Waals surface area contributed by atoms with Gasteiger partial charge in [-0.25, -0.2) is 0 Å². The number of nitrogens with zero attached hydrogens (tertiary/aromatic N) is 2. The van der Waals surface area contributed by atoms with Crippen molar-refractivity contribution in [3.05, 3.63) is 53.3 Å². The molecule has 1 heterocycles. The van der Waals surface area contributed by atoms with Crippen LogP contribution < -0.4 is 5.73 Å². The van der Waals surface area contributed by atoms with Gasteiger partial charge in [0, 0.05) is 12.1 Å². The van der Waals surface area contributed by atoms with E-state index in [0.29, 0.717) is 19.6 Å². The van der Waals surface area contributed by atoms with Gasteiger partial charge in [-0.3, -0.25) is 9.48 Å². The van der Waals surface area contributed by atoms with E-state index in [1.807, 2.05) is 29.8 Å². The molecule has 0 aliphatic carbocycles. The van der Waals surface area contributed by atoms with Gasteiger partial charge < -0.3 is 10.5 Å². The van der Waals surface area contributed by atoms with E-state index in [4.69, 9.17) is 10.5 Å². The van der Waals surface area contributed by atoms with Crippen molar-refractivity contribution in [2.24, 2.45) is 5.73 Å². The van der Waals surface area contributed by atoms with Gasteiger partial charge in [0.2, 0.25) is 0 Å². The van der Waals surface area contributed by atoms with E-state index in [-0.39, 0.29) is 5.97 Å². The molecular formula is C16H21N3O2. The molecular weight excluding hydrogens is 266 g/mol. The average Bonchev–Trinajstić information content (AvgIpc) is 2.81. The molecule has 0 spiro atoms. The largest absolute Gasteiger partial charge is 0.465 e. The Kier molecular flexibility index (Phi) is 5.11. The normalized spacial score (nSPS) is 12.1. The molecule has 0 radical (unpaired) electrons. The van der Waals surface area contributed by atoms with Crippen LogP contribution in [0.5, 0.6) is 0 Å². The van der Waals surface area contributed by atoms with E-state index in [2.05, 4.69) is 17.2 Å². The zero-order valence-corrected chi connectivity index (χ0v) is 12.5. The molecule has 2 N–H and O–H groups in total. The quantitative estimate of drug-likeness (QED) is 0.821. The third-order valence-corrected chi connectivity index (χ3v) is 3.41. The number of carbonyl (C=O) groups excluding carboxylic acids is 1. The highest BCUT2D eigenvalue weighted by atomic mass is 16.5. The highest BCUT2D eigenvalue weighted by Crippen LogP contribution is 2.12. The fraction of sp³-hybridized carbons (Fsp3) is 0.375. The Morgan fingerprint density at radius 1 is 1.38 bits per heavy atom. The number of ether oxygens (including phenoxy) is 1. The molecule has 0 bridgehead atoms. The maximum absolute atomic E-state index is 11.6. The highest BCUT2D eigenvalue weighted by Gasteiger charge is 2.18. The first-order valence-electron chi connectivity index (χ1n) is 7.09. The summed E-state index contributed by atoms with van der Waals surface area (Å²) in [6.07, 6.45) is 2.22. The second-order valence-corrected chi connectivity index (χ2v) is 4.96. The zero-order valence-electron chi connectivity index (χ0n) is 12.5. The minimum Gasteiger partial charge on any atom is -0.465 e. The summed E-state index contributed by atoms with van der Waals surface area (Å²) in [6.45, 7) is 4.82. The lowest BCUT2D eigenvalue weighted by Gasteiger charge is -2.10. The van der Waals surface area contributed by atoms with Crippen molar-refractivity contribution in [3.8, 4) is 0 Å². The molecule has 0 amide bonds.